The number of carbonyl (C=O) groups is 1. The summed E-state index contributed by atoms with van der Waals surface area (Å²) in [5.41, 5.74) is 5.33. The molecule has 0 saturated heterocycles. The van der Waals surface area contributed by atoms with Crippen molar-refractivity contribution < 1.29 is 52.2 Å². The molecule has 0 spiro atoms. The zero-order valence-corrected chi connectivity index (χ0v) is 28.7. The molecule has 14 nitrogen and oxygen atoms in total. The van der Waals surface area contributed by atoms with Crippen molar-refractivity contribution in [1.82, 2.24) is 10.3 Å². The fraction of sp³-hybridized carbons (Fsp3) is 0.800. The standard InChI is InChI=1S/C30H55N3O11S2/c31-5-8-35-10-12-37-14-16-39-18-20-41-22-24-43-26-27-44-25-23-42-21-19-40-17-15-38-13-11-36-9-7-32-29(34)4-28-45-46-30-3-1-2-6-33-30/h1-3,6H,4-5,7-28,31H2,(H,32,34). The molecule has 0 aliphatic carbocycles. The fourth-order valence-corrected chi connectivity index (χ4v) is 5.02. The third-order valence-electron chi connectivity index (χ3n) is 5.37. The zero-order valence-electron chi connectivity index (χ0n) is 27.1. The van der Waals surface area contributed by atoms with Gasteiger partial charge in [0.05, 0.1) is 132 Å². The summed E-state index contributed by atoms with van der Waals surface area (Å²) in [7, 11) is 3.19. The van der Waals surface area contributed by atoms with Crippen LogP contribution in [-0.4, -0.2) is 162 Å². The van der Waals surface area contributed by atoms with Crippen molar-refractivity contribution >= 4 is 27.5 Å². The molecule has 0 radical (unpaired) electrons. The second-order valence-corrected chi connectivity index (χ2v) is 11.5. The maximum absolute atomic E-state index is 11.8. The smallest absolute Gasteiger partial charge is 0.220 e. The summed E-state index contributed by atoms with van der Waals surface area (Å²) in [4.78, 5) is 16.1. The van der Waals surface area contributed by atoms with Gasteiger partial charge in [-0.1, -0.05) is 16.9 Å². The van der Waals surface area contributed by atoms with Gasteiger partial charge in [0, 0.05) is 31.5 Å². The molecule has 16 heteroatoms. The lowest BCUT2D eigenvalue weighted by Crippen LogP contribution is -2.27. The van der Waals surface area contributed by atoms with Gasteiger partial charge in [0.1, 0.15) is 5.03 Å². The second kappa shape index (κ2) is 36.7. The number of nitrogens with one attached hydrogen (secondary N) is 1. The molecule has 0 bridgehead atoms. The maximum atomic E-state index is 11.8. The summed E-state index contributed by atoms with van der Waals surface area (Å²) < 4.78 is 54.3. The van der Waals surface area contributed by atoms with Crippen LogP contribution in [0.4, 0.5) is 0 Å². The Bertz CT molecular complexity index is 764. The summed E-state index contributed by atoms with van der Waals surface area (Å²) in [6.07, 6.45) is 2.22. The van der Waals surface area contributed by atoms with E-state index in [0.717, 1.165) is 10.8 Å². The van der Waals surface area contributed by atoms with Crippen molar-refractivity contribution in [3.63, 3.8) is 0 Å². The first-order valence-corrected chi connectivity index (χ1v) is 18.1. The molecular weight excluding hydrogens is 642 g/mol. The molecule has 0 atom stereocenters. The zero-order chi connectivity index (χ0) is 32.9. The summed E-state index contributed by atoms with van der Waals surface area (Å²) in [6.45, 7) is 11.1. The van der Waals surface area contributed by atoms with E-state index in [1.807, 2.05) is 18.2 Å². The number of amides is 1. The Labute approximate surface area is 282 Å². The highest BCUT2D eigenvalue weighted by molar-refractivity contribution is 8.76. The van der Waals surface area contributed by atoms with E-state index in [9.17, 15) is 4.79 Å². The van der Waals surface area contributed by atoms with E-state index in [0.29, 0.717) is 152 Å². The Hall–Kier alpha value is -1.12. The van der Waals surface area contributed by atoms with Gasteiger partial charge in [-0.2, -0.15) is 0 Å². The van der Waals surface area contributed by atoms with Crippen molar-refractivity contribution in [2.75, 3.05) is 151 Å². The number of aromatic nitrogens is 1. The van der Waals surface area contributed by atoms with E-state index in [1.165, 1.54) is 0 Å². The van der Waals surface area contributed by atoms with Gasteiger partial charge in [0.25, 0.3) is 0 Å². The number of nitrogens with zero attached hydrogens (tertiary/aromatic N) is 1. The van der Waals surface area contributed by atoms with Crippen molar-refractivity contribution in [3.8, 4) is 0 Å². The van der Waals surface area contributed by atoms with E-state index in [2.05, 4.69) is 10.3 Å². The molecule has 1 aromatic rings. The minimum absolute atomic E-state index is 0.0177. The first-order chi connectivity index (χ1) is 22.8. The Balaban J connectivity index is 1.64. The topological polar surface area (TPSA) is 160 Å². The van der Waals surface area contributed by atoms with Crippen LogP contribution in [0.1, 0.15) is 6.42 Å². The average molecular weight is 698 g/mol. The summed E-state index contributed by atoms with van der Waals surface area (Å²) in [6, 6.07) is 5.78. The quantitative estimate of drug-likeness (QED) is 0.0759. The van der Waals surface area contributed by atoms with Crippen LogP contribution in [0.15, 0.2) is 29.4 Å². The molecule has 1 aromatic heterocycles. The Morgan fingerprint density at radius 3 is 1.35 bits per heavy atom. The van der Waals surface area contributed by atoms with Crippen molar-refractivity contribution in [2.45, 2.75) is 11.4 Å². The summed E-state index contributed by atoms with van der Waals surface area (Å²) >= 11 is 0. The fourth-order valence-electron chi connectivity index (χ4n) is 3.15. The van der Waals surface area contributed by atoms with E-state index in [1.54, 1.807) is 27.8 Å². The third kappa shape index (κ3) is 32.8. The SMILES string of the molecule is NCCOCCOCCOCCOCCOCCOCCOCCOCCOCCOCCNC(=O)CCSSc1ccccn1. The van der Waals surface area contributed by atoms with E-state index < -0.39 is 0 Å². The molecule has 1 rings (SSSR count). The highest BCUT2D eigenvalue weighted by Gasteiger charge is 2.02. The lowest BCUT2D eigenvalue weighted by molar-refractivity contribution is -0.120. The molecule has 1 heterocycles. The number of pyridine rings is 1. The van der Waals surface area contributed by atoms with E-state index in [-0.39, 0.29) is 5.91 Å². The number of rotatable bonds is 37. The van der Waals surface area contributed by atoms with Crippen LogP contribution in [-0.2, 0) is 52.2 Å². The van der Waals surface area contributed by atoms with Crippen LogP contribution in [0.3, 0.4) is 0 Å². The van der Waals surface area contributed by atoms with Gasteiger partial charge in [-0.3, -0.25) is 4.79 Å². The normalized spacial score (nSPS) is 11.3. The lowest BCUT2D eigenvalue weighted by Gasteiger charge is -2.09. The van der Waals surface area contributed by atoms with Gasteiger partial charge < -0.3 is 58.4 Å². The number of nitrogens with two attached hydrogens (primary N) is 1. The molecule has 0 aromatic carbocycles. The average Bonchev–Trinajstić information content (AvgIpc) is 3.07. The predicted octanol–water partition coefficient (Wildman–Crippen LogP) is 1.45. The molecule has 1 amide bonds. The molecule has 0 aliphatic heterocycles. The lowest BCUT2D eigenvalue weighted by atomic mass is 10.4. The number of hydrogen-bond acceptors (Lipinski definition) is 15. The minimum Gasteiger partial charge on any atom is -0.378 e. The monoisotopic (exact) mass is 697 g/mol. The van der Waals surface area contributed by atoms with Crippen molar-refractivity contribution in [2.24, 2.45) is 5.73 Å². The molecule has 3 N–H and O–H groups in total. The molecule has 0 fully saturated rings. The van der Waals surface area contributed by atoms with Gasteiger partial charge in [0.15, 0.2) is 0 Å². The Morgan fingerprint density at radius 2 is 0.978 bits per heavy atom. The largest absolute Gasteiger partial charge is 0.378 e. The van der Waals surface area contributed by atoms with Crippen LogP contribution in [0.5, 0.6) is 0 Å². The van der Waals surface area contributed by atoms with Crippen molar-refractivity contribution in [3.05, 3.63) is 24.4 Å². The van der Waals surface area contributed by atoms with Gasteiger partial charge in [0.2, 0.25) is 5.91 Å². The van der Waals surface area contributed by atoms with Crippen LogP contribution < -0.4 is 11.1 Å². The van der Waals surface area contributed by atoms with E-state index in [4.69, 9.17) is 53.1 Å². The van der Waals surface area contributed by atoms with Crippen LogP contribution in [0.25, 0.3) is 0 Å². The molecular formula is C30H55N3O11S2. The van der Waals surface area contributed by atoms with Gasteiger partial charge in [-0.15, -0.1) is 0 Å². The second-order valence-electron chi connectivity index (χ2n) is 9.09. The maximum Gasteiger partial charge on any atom is 0.220 e. The predicted molar refractivity (Wildman–Crippen MR) is 177 cm³/mol. The number of ether oxygens (including phenoxy) is 10. The van der Waals surface area contributed by atoms with Crippen LogP contribution in [0, 0.1) is 0 Å². The molecule has 268 valence electrons. The van der Waals surface area contributed by atoms with Crippen molar-refractivity contribution in [1.29, 1.82) is 0 Å². The molecule has 46 heavy (non-hydrogen) atoms. The molecule has 0 saturated carbocycles. The Morgan fingerprint density at radius 1 is 0.587 bits per heavy atom. The number of hydrogen-bond donors (Lipinski definition) is 2. The molecule has 0 aliphatic rings. The van der Waals surface area contributed by atoms with Gasteiger partial charge in [-0.05, 0) is 22.9 Å². The number of carbonyl (C=O) groups excluding carboxylic acids is 1. The van der Waals surface area contributed by atoms with Gasteiger partial charge in [-0.25, -0.2) is 4.98 Å². The molecule has 0 unspecified atom stereocenters. The third-order valence-corrected chi connectivity index (χ3v) is 7.64. The van der Waals surface area contributed by atoms with Crippen LogP contribution >= 0.6 is 21.6 Å². The van der Waals surface area contributed by atoms with Gasteiger partial charge >= 0.3 is 0 Å². The van der Waals surface area contributed by atoms with Crippen LogP contribution in [0.2, 0.25) is 0 Å². The van der Waals surface area contributed by atoms with E-state index >= 15 is 0 Å². The first kappa shape index (κ1) is 42.9. The summed E-state index contributed by atoms with van der Waals surface area (Å²) in [5.74, 6) is 0.743. The minimum atomic E-state index is 0.0177. The summed E-state index contributed by atoms with van der Waals surface area (Å²) in [5, 5.41) is 3.79. The first-order valence-electron chi connectivity index (χ1n) is 15.8. The Kier molecular flexibility index (Phi) is 34.2. The highest BCUT2D eigenvalue weighted by atomic mass is 33.1. The highest BCUT2D eigenvalue weighted by Crippen LogP contribution is 2.29.